The van der Waals surface area contributed by atoms with Gasteiger partial charge in [0.1, 0.15) is 10.1 Å². The molecule has 0 aromatic heterocycles. The summed E-state index contributed by atoms with van der Waals surface area (Å²) >= 11 is 6.43. The Morgan fingerprint density at radius 2 is 2.10 bits per heavy atom. The van der Waals surface area contributed by atoms with Gasteiger partial charge in [-0.05, 0) is 23.8 Å². The van der Waals surface area contributed by atoms with Gasteiger partial charge in [-0.25, -0.2) is 0 Å². The molecule has 0 unspecified atom stereocenters. The number of esters is 1. The first kappa shape index (κ1) is 15.5. The first-order chi connectivity index (χ1) is 10.0. The average molecular weight is 319 g/mol. The average Bonchev–Trinajstić information content (AvgIpc) is 2.69. The largest absolute Gasteiger partial charge is 0.427 e. The van der Waals surface area contributed by atoms with Crippen molar-refractivity contribution in [2.75, 3.05) is 6.54 Å². The molecule has 6 heteroatoms. The number of hydrogen-bond donors (Lipinski definition) is 0. The number of carbonyl (C=O) groups excluding carboxylic acids is 2. The zero-order valence-electron chi connectivity index (χ0n) is 11.4. The Labute approximate surface area is 132 Å². The predicted molar refractivity (Wildman–Crippen MR) is 87.8 cm³/mol. The highest BCUT2D eigenvalue weighted by molar-refractivity contribution is 8.26. The zero-order valence-corrected chi connectivity index (χ0v) is 13.0. The van der Waals surface area contributed by atoms with E-state index in [0.29, 0.717) is 21.5 Å². The number of thioether (sulfide) groups is 1. The van der Waals surface area contributed by atoms with E-state index in [4.69, 9.17) is 17.0 Å². The normalized spacial score (nSPS) is 16.4. The number of ether oxygens (including phenoxy) is 1. The summed E-state index contributed by atoms with van der Waals surface area (Å²) in [6.45, 7) is 5.37. The molecular formula is C15H13NO3S2. The molecule has 0 atom stereocenters. The summed E-state index contributed by atoms with van der Waals surface area (Å²) in [5, 5.41) is 0. The maximum atomic E-state index is 12.2. The van der Waals surface area contributed by atoms with Crippen LogP contribution in [0.25, 0.3) is 6.08 Å². The molecule has 0 saturated carbocycles. The van der Waals surface area contributed by atoms with E-state index in [-0.39, 0.29) is 11.9 Å². The van der Waals surface area contributed by atoms with Gasteiger partial charge < -0.3 is 4.74 Å². The Kier molecular flexibility index (Phi) is 4.93. The molecule has 0 N–H and O–H groups in total. The SMILES string of the molecule is C=CCN1C(=O)/C(=C\c2ccc(OC(C)=O)cc2)SC1=S. The third-order valence-corrected chi connectivity index (χ3v) is 4.00. The number of hydrogen-bond acceptors (Lipinski definition) is 5. The standard InChI is InChI=1S/C15H13NO3S2/c1-3-8-16-14(18)13(21-15(16)20)9-11-4-6-12(7-5-11)19-10(2)17/h3-7,9H,1,8H2,2H3/b13-9+. The molecule has 0 aliphatic carbocycles. The van der Waals surface area contributed by atoms with Gasteiger partial charge >= 0.3 is 5.97 Å². The van der Waals surface area contributed by atoms with Gasteiger partial charge in [0, 0.05) is 13.5 Å². The van der Waals surface area contributed by atoms with E-state index in [0.717, 1.165) is 5.56 Å². The van der Waals surface area contributed by atoms with E-state index in [1.54, 1.807) is 36.4 Å². The third-order valence-electron chi connectivity index (χ3n) is 2.62. The van der Waals surface area contributed by atoms with Crippen molar-refractivity contribution in [3.8, 4) is 5.75 Å². The van der Waals surface area contributed by atoms with Crippen molar-refractivity contribution in [2.45, 2.75) is 6.92 Å². The van der Waals surface area contributed by atoms with Crippen molar-refractivity contribution in [1.29, 1.82) is 0 Å². The quantitative estimate of drug-likeness (QED) is 0.281. The van der Waals surface area contributed by atoms with Gasteiger partial charge in [-0.2, -0.15) is 0 Å². The van der Waals surface area contributed by atoms with Crippen molar-refractivity contribution < 1.29 is 14.3 Å². The lowest BCUT2D eigenvalue weighted by atomic mass is 10.2. The number of benzene rings is 1. The summed E-state index contributed by atoms with van der Waals surface area (Å²) in [6, 6.07) is 6.91. The van der Waals surface area contributed by atoms with Crippen LogP contribution in [0.1, 0.15) is 12.5 Å². The number of nitrogens with zero attached hydrogens (tertiary/aromatic N) is 1. The Morgan fingerprint density at radius 3 is 2.67 bits per heavy atom. The van der Waals surface area contributed by atoms with Crippen LogP contribution in [0.4, 0.5) is 0 Å². The second-order valence-corrected chi connectivity index (χ2v) is 5.92. The fourth-order valence-electron chi connectivity index (χ4n) is 1.74. The van der Waals surface area contributed by atoms with Crippen LogP contribution in [-0.2, 0) is 9.59 Å². The molecule has 1 aliphatic rings. The molecule has 4 nitrogen and oxygen atoms in total. The van der Waals surface area contributed by atoms with Crippen molar-refractivity contribution in [3.63, 3.8) is 0 Å². The van der Waals surface area contributed by atoms with Crippen molar-refractivity contribution >= 4 is 46.3 Å². The molecule has 0 bridgehead atoms. The number of carbonyl (C=O) groups is 2. The van der Waals surface area contributed by atoms with E-state index >= 15 is 0 Å². The summed E-state index contributed by atoms with van der Waals surface area (Å²) in [4.78, 5) is 25.1. The molecule has 0 radical (unpaired) electrons. The summed E-state index contributed by atoms with van der Waals surface area (Å²) < 4.78 is 5.48. The molecule has 0 spiro atoms. The molecule has 1 aromatic carbocycles. The van der Waals surface area contributed by atoms with Gasteiger partial charge in [0.15, 0.2) is 0 Å². The Bertz CT molecular complexity index is 635. The summed E-state index contributed by atoms with van der Waals surface area (Å²) in [7, 11) is 0. The number of amides is 1. The maximum absolute atomic E-state index is 12.2. The molecule has 1 fully saturated rings. The van der Waals surface area contributed by atoms with Crippen LogP contribution in [0, 0.1) is 0 Å². The summed E-state index contributed by atoms with van der Waals surface area (Å²) in [6.07, 6.45) is 3.40. The van der Waals surface area contributed by atoms with E-state index in [1.165, 1.54) is 23.6 Å². The van der Waals surface area contributed by atoms with E-state index in [9.17, 15) is 9.59 Å². The van der Waals surface area contributed by atoms with E-state index < -0.39 is 0 Å². The number of rotatable bonds is 4. The van der Waals surface area contributed by atoms with Crippen LogP contribution in [0.15, 0.2) is 41.8 Å². The Morgan fingerprint density at radius 1 is 1.43 bits per heavy atom. The topological polar surface area (TPSA) is 46.6 Å². The maximum Gasteiger partial charge on any atom is 0.308 e. The Hall–Kier alpha value is -1.92. The van der Waals surface area contributed by atoms with Crippen LogP contribution < -0.4 is 4.74 Å². The third kappa shape index (κ3) is 3.80. The molecule has 108 valence electrons. The second kappa shape index (κ2) is 6.69. The van der Waals surface area contributed by atoms with Crippen LogP contribution in [0.3, 0.4) is 0 Å². The van der Waals surface area contributed by atoms with Crippen LogP contribution in [0.2, 0.25) is 0 Å². The highest BCUT2D eigenvalue weighted by Gasteiger charge is 2.30. The molecule has 1 saturated heterocycles. The van der Waals surface area contributed by atoms with Gasteiger partial charge in [0.05, 0.1) is 4.91 Å². The van der Waals surface area contributed by atoms with Gasteiger partial charge in [-0.1, -0.05) is 42.2 Å². The first-order valence-corrected chi connectivity index (χ1v) is 7.38. The van der Waals surface area contributed by atoms with Crippen molar-refractivity contribution in [1.82, 2.24) is 4.90 Å². The van der Waals surface area contributed by atoms with Crippen molar-refractivity contribution in [2.24, 2.45) is 0 Å². The van der Waals surface area contributed by atoms with E-state index in [1.807, 2.05) is 0 Å². The minimum Gasteiger partial charge on any atom is -0.427 e. The molecule has 1 amide bonds. The fraction of sp³-hybridized carbons (Fsp3) is 0.133. The molecule has 21 heavy (non-hydrogen) atoms. The minimum atomic E-state index is -0.368. The van der Waals surface area contributed by atoms with Crippen LogP contribution in [-0.4, -0.2) is 27.6 Å². The lowest BCUT2D eigenvalue weighted by Gasteiger charge is -2.10. The number of thiocarbonyl (C=S) groups is 1. The highest BCUT2D eigenvalue weighted by Crippen LogP contribution is 2.32. The van der Waals surface area contributed by atoms with Crippen LogP contribution >= 0.6 is 24.0 Å². The highest BCUT2D eigenvalue weighted by atomic mass is 32.2. The van der Waals surface area contributed by atoms with Gasteiger partial charge in [0.2, 0.25) is 0 Å². The van der Waals surface area contributed by atoms with Crippen molar-refractivity contribution in [3.05, 3.63) is 47.4 Å². The zero-order chi connectivity index (χ0) is 15.4. The Balaban J connectivity index is 2.16. The molecule has 1 heterocycles. The minimum absolute atomic E-state index is 0.117. The lowest BCUT2D eigenvalue weighted by Crippen LogP contribution is -2.27. The predicted octanol–water partition coefficient (Wildman–Crippen LogP) is 3.00. The lowest BCUT2D eigenvalue weighted by molar-refractivity contribution is -0.131. The molecule has 1 aliphatic heterocycles. The second-order valence-electron chi connectivity index (χ2n) is 4.24. The van der Waals surface area contributed by atoms with Gasteiger partial charge in [0.25, 0.3) is 5.91 Å². The fourth-order valence-corrected chi connectivity index (χ4v) is 3.01. The van der Waals surface area contributed by atoms with Gasteiger partial charge in [-0.15, -0.1) is 6.58 Å². The molecule has 1 aromatic rings. The summed E-state index contributed by atoms with van der Waals surface area (Å²) in [5.74, 6) is -0.0131. The monoisotopic (exact) mass is 319 g/mol. The van der Waals surface area contributed by atoms with Gasteiger partial charge in [-0.3, -0.25) is 14.5 Å². The van der Waals surface area contributed by atoms with E-state index in [2.05, 4.69) is 6.58 Å². The molecular weight excluding hydrogens is 306 g/mol. The van der Waals surface area contributed by atoms with Crippen LogP contribution in [0.5, 0.6) is 5.75 Å². The smallest absolute Gasteiger partial charge is 0.308 e. The molecule has 2 rings (SSSR count). The first-order valence-electron chi connectivity index (χ1n) is 6.16. The summed E-state index contributed by atoms with van der Waals surface area (Å²) in [5.41, 5.74) is 0.838.